The van der Waals surface area contributed by atoms with Gasteiger partial charge < -0.3 is 10.2 Å². The van der Waals surface area contributed by atoms with Crippen molar-refractivity contribution < 1.29 is 4.39 Å². The van der Waals surface area contributed by atoms with Crippen LogP contribution >= 0.6 is 0 Å². The fourth-order valence-corrected chi connectivity index (χ4v) is 3.00. The number of nitrogens with zero attached hydrogens (tertiary/aromatic N) is 3. The van der Waals surface area contributed by atoms with Crippen LogP contribution in [0.3, 0.4) is 0 Å². The van der Waals surface area contributed by atoms with E-state index in [0.717, 1.165) is 67.5 Å². The van der Waals surface area contributed by atoms with Gasteiger partial charge in [-0.05, 0) is 57.5 Å². The molecule has 0 unspecified atom stereocenters. The van der Waals surface area contributed by atoms with E-state index in [1.54, 1.807) is 12.1 Å². The lowest BCUT2D eigenvalue weighted by Gasteiger charge is -2.22. The van der Waals surface area contributed by atoms with Gasteiger partial charge in [0.05, 0.1) is 11.4 Å². The highest BCUT2D eigenvalue weighted by Crippen LogP contribution is 2.28. The van der Waals surface area contributed by atoms with E-state index in [1.807, 2.05) is 0 Å². The van der Waals surface area contributed by atoms with E-state index in [-0.39, 0.29) is 5.82 Å². The van der Waals surface area contributed by atoms with Crippen molar-refractivity contribution in [1.82, 2.24) is 15.3 Å². The second-order valence-electron chi connectivity index (χ2n) is 5.76. The van der Waals surface area contributed by atoms with Crippen LogP contribution in [-0.4, -0.2) is 29.6 Å². The fourth-order valence-electron chi connectivity index (χ4n) is 3.00. The normalized spacial score (nSPS) is 14.2. The second kappa shape index (κ2) is 7.04. The van der Waals surface area contributed by atoms with Gasteiger partial charge in [0.2, 0.25) is 5.95 Å². The summed E-state index contributed by atoms with van der Waals surface area (Å²) in [5, 5.41) is 3.43. The zero-order valence-corrected chi connectivity index (χ0v) is 13.8. The molecule has 2 aromatic rings. The van der Waals surface area contributed by atoms with Gasteiger partial charge in [0.15, 0.2) is 0 Å². The molecule has 122 valence electrons. The van der Waals surface area contributed by atoms with Gasteiger partial charge in [-0.1, -0.05) is 0 Å². The minimum atomic E-state index is -0.226. The Morgan fingerprint density at radius 3 is 2.57 bits per heavy atom. The first-order valence-electron chi connectivity index (χ1n) is 8.34. The van der Waals surface area contributed by atoms with E-state index in [1.165, 1.54) is 12.1 Å². The molecule has 3 rings (SSSR count). The Morgan fingerprint density at radius 2 is 1.87 bits per heavy atom. The molecule has 0 aliphatic carbocycles. The van der Waals surface area contributed by atoms with Crippen molar-refractivity contribution in [2.45, 2.75) is 33.2 Å². The molecule has 0 radical (unpaired) electrons. The lowest BCUT2D eigenvalue weighted by atomic mass is 10.0. The Bertz CT molecular complexity index is 665. The predicted molar refractivity (Wildman–Crippen MR) is 91.0 cm³/mol. The topological polar surface area (TPSA) is 41.1 Å². The zero-order chi connectivity index (χ0) is 16.2. The molecular formula is C18H23FN4. The van der Waals surface area contributed by atoms with E-state index < -0.39 is 0 Å². The number of aryl methyl sites for hydroxylation is 1. The van der Waals surface area contributed by atoms with Crippen LogP contribution in [0.5, 0.6) is 0 Å². The monoisotopic (exact) mass is 314 g/mol. The first-order valence-corrected chi connectivity index (χ1v) is 8.34. The summed E-state index contributed by atoms with van der Waals surface area (Å²) >= 11 is 0. The molecule has 0 saturated heterocycles. The van der Waals surface area contributed by atoms with Crippen molar-refractivity contribution in [3.8, 4) is 11.3 Å². The zero-order valence-electron chi connectivity index (χ0n) is 13.8. The third-order valence-electron chi connectivity index (χ3n) is 4.31. The summed E-state index contributed by atoms with van der Waals surface area (Å²) < 4.78 is 13.3. The Kier molecular flexibility index (Phi) is 4.86. The number of halogens is 1. The number of rotatable bonds is 4. The number of benzene rings is 1. The molecule has 1 aliphatic rings. The van der Waals surface area contributed by atoms with Crippen molar-refractivity contribution >= 4 is 5.95 Å². The number of hydrogen-bond donors (Lipinski definition) is 1. The van der Waals surface area contributed by atoms with Gasteiger partial charge in [-0.2, -0.15) is 0 Å². The molecule has 0 atom stereocenters. The van der Waals surface area contributed by atoms with E-state index in [9.17, 15) is 4.39 Å². The van der Waals surface area contributed by atoms with Crippen LogP contribution in [0.25, 0.3) is 11.3 Å². The Hall–Kier alpha value is -2.01. The van der Waals surface area contributed by atoms with Crippen LogP contribution in [0.2, 0.25) is 0 Å². The maximum Gasteiger partial charge on any atom is 0.226 e. The molecule has 0 spiro atoms. The first kappa shape index (κ1) is 15.9. The third-order valence-corrected chi connectivity index (χ3v) is 4.31. The Balaban J connectivity index is 2.14. The van der Waals surface area contributed by atoms with E-state index in [0.29, 0.717) is 0 Å². The van der Waals surface area contributed by atoms with Crippen LogP contribution in [0.1, 0.15) is 31.5 Å². The van der Waals surface area contributed by atoms with Crippen molar-refractivity contribution in [3.63, 3.8) is 0 Å². The molecule has 23 heavy (non-hydrogen) atoms. The molecule has 0 saturated carbocycles. The summed E-state index contributed by atoms with van der Waals surface area (Å²) in [7, 11) is 0. The third kappa shape index (κ3) is 3.34. The predicted octanol–water partition coefficient (Wildman–Crippen LogP) is 3.16. The molecule has 0 bridgehead atoms. The van der Waals surface area contributed by atoms with Crippen LogP contribution in [0.15, 0.2) is 24.3 Å². The standard InChI is InChI=1S/C18H23FN4/c1-3-23(4-2)18-21-16-6-5-11-20-12-15(16)17(22-18)13-7-9-14(19)10-8-13/h7-10,20H,3-6,11-12H2,1-2H3. The van der Waals surface area contributed by atoms with Crippen molar-refractivity contribution in [1.29, 1.82) is 0 Å². The van der Waals surface area contributed by atoms with Crippen LogP contribution in [0.4, 0.5) is 10.3 Å². The van der Waals surface area contributed by atoms with E-state index >= 15 is 0 Å². The first-order chi connectivity index (χ1) is 11.2. The minimum absolute atomic E-state index is 0.226. The van der Waals surface area contributed by atoms with Gasteiger partial charge >= 0.3 is 0 Å². The largest absolute Gasteiger partial charge is 0.341 e. The average Bonchev–Trinajstić information content (AvgIpc) is 2.81. The molecular weight excluding hydrogens is 291 g/mol. The van der Waals surface area contributed by atoms with E-state index in [4.69, 9.17) is 9.97 Å². The highest BCUT2D eigenvalue weighted by Gasteiger charge is 2.19. The maximum atomic E-state index is 13.3. The van der Waals surface area contributed by atoms with Gasteiger partial charge in [0.1, 0.15) is 5.82 Å². The number of aromatic nitrogens is 2. The van der Waals surface area contributed by atoms with Gasteiger partial charge in [-0.25, -0.2) is 14.4 Å². The maximum absolute atomic E-state index is 13.3. The summed E-state index contributed by atoms with van der Waals surface area (Å²) in [5.74, 6) is 0.547. The average molecular weight is 314 g/mol. The lowest BCUT2D eigenvalue weighted by Crippen LogP contribution is -2.25. The Morgan fingerprint density at radius 1 is 1.13 bits per heavy atom. The molecule has 5 heteroatoms. The quantitative estimate of drug-likeness (QED) is 0.941. The van der Waals surface area contributed by atoms with Gasteiger partial charge in [-0.3, -0.25) is 0 Å². The van der Waals surface area contributed by atoms with Crippen molar-refractivity contribution in [3.05, 3.63) is 41.3 Å². The summed E-state index contributed by atoms with van der Waals surface area (Å²) in [5.41, 5.74) is 4.13. The molecule has 1 aliphatic heterocycles. The SMILES string of the molecule is CCN(CC)c1nc2c(c(-c3ccc(F)cc3)n1)CNCCC2. The number of anilines is 1. The number of hydrogen-bond acceptors (Lipinski definition) is 4. The van der Waals surface area contributed by atoms with Crippen LogP contribution < -0.4 is 10.2 Å². The van der Waals surface area contributed by atoms with Gasteiger partial charge in [0.25, 0.3) is 0 Å². The van der Waals surface area contributed by atoms with Gasteiger partial charge in [-0.15, -0.1) is 0 Å². The number of nitrogens with one attached hydrogen (secondary N) is 1. The minimum Gasteiger partial charge on any atom is -0.341 e. The Labute approximate surface area is 136 Å². The molecule has 2 heterocycles. The van der Waals surface area contributed by atoms with Crippen LogP contribution in [0, 0.1) is 5.82 Å². The second-order valence-corrected chi connectivity index (χ2v) is 5.76. The summed E-state index contributed by atoms with van der Waals surface area (Å²) in [6.45, 7) is 7.71. The summed E-state index contributed by atoms with van der Waals surface area (Å²) in [4.78, 5) is 11.8. The molecule has 1 aromatic heterocycles. The molecule has 1 N–H and O–H groups in total. The molecule has 0 amide bonds. The van der Waals surface area contributed by atoms with Crippen molar-refractivity contribution in [2.24, 2.45) is 0 Å². The summed E-state index contributed by atoms with van der Waals surface area (Å²) in [6, 6.07) is 6.58. The smallest absolute Gasteiger partial charge is 0.226 e. The van der Waals surface area contributed by atoms with Crippen molar-refractivity contribution in [2.75, 3.05) is 24.5 Å². The van der Waals surface area contributed by atoms with E-state index in [2.05, 4.69) is 24.1 Å². The molecule has 0 fully saturated rings. The van der Waals surface area contributed by atoms with Gasteiger partial charge in [0, 0.05) is 30.8 Å². The highest BCUT2D eigenvalue weighted by molar-refractivity contribution is 5.65. The fraction of sp³-hybridized carbons (Fsp3) is 0.444. The molecule has 4 nitrogen and oxygen atoms in total. The summed E-state index contributed by atoms with van der Waals surface area (Å²) in [6.07, 6.45) is 2.03. The number of fused-ring (bicyclic) bond motifs is 1. The lowest BCUT2D eigenvalue weighted by molar-refractivity contribution is 0.628. The van der Waals surface area contributed by atoms with Crippen LogP contribution in [-0.2, 0) is 13.0 Å². The molecule has 1 aromatic carbocycles. The highest BCUT2D eigenvalue weighted by atomic mass is 19.1.